The third kappa shape index (κ3) is 9.46. The summed E-state index contributed by atoms with van der Waals surface area (Å²) in [5.74, 6) is 2.37. The Hall–Kier alpha value is -1.43. The van der Waals surface area contributed by atoms with Crippen molar-refractivity contribution in [3.8, 4) is 11.5 Å². The van der Waals surface area contributed by atoms with Crippen LogP contribution in [0, 0.1) is 0 Å². The third-order valence-corrected chi connectivity index (χ3v) is 6.35. The van der Waals surface area contributed by atoms with Gasteiger partial charge in [0, 0.05) is 0 Å². The van der Waals surface area contributed by atoms with Crippen LogP contribution in [-0.4, -0.2) is 16.3 Å². The van der Waals surface area contributed by atoms with Gasteiger partial charge in [-0.15, -0.1) is 11.5 Å². The van der Waals surface area contributed by atoms with Gasteiger partial charge in [0.05, 0.1) is 0 Å². The fraction of sp³-hybridized carbons (Fsp3) is 0.636. The molecule has 3 heteroatoms. The van der Waals surface area contributed by atoms with Crippen LogP contribution in [-0.2, 0) is 34.5 Å². The monoisotopic (exact) mass is 508 g/mol. The van der Waals surface area contributed by atoms with Gasteiger partial charge in [-0.05, 0) is 67.9 Å². The maximum atomic E-state index is 12.5. The molecule has 2 nitrogen and oxygen atoms in total. The average Bonchev–Trinajstić information content (AvgIpc) is 2.72. The molecule has 0 bridgehead atoms. The van der Waals surface area contributed by atoms with E-state index in [-0.39, 0.29) is 33.2 Å². The molecule has 0 fully saturated rings. The summed E-state index contributed by atoms with van der Waals surface area (Å²) in [5, 5.41) is 25.1. The van der Waals surface area contributed by atoms with Gasteiger partial charge in [0.2, 0.25) is 0 Å². The number of rotatable bonds is 2. The van der Waals surface area contributed by atoms with Crippen LogP contribution < -0.4 is 10.2 Å². The molecule has 0 heterocycles. The Morgan fingerprint density at radius 2 is 0.639 bits per heavy atom. The summed E-state index contributed by atoms with van der Waals surface area (Å²) in [4.78, 5) is 0. The molecule has 0 atom stereocenters. The quantitative estimate of drug-likeness (QED) is 0.385. The predicted molar refractivity (Wildman–Crippen MR) is 157 cm³/mol. The van der Waals surface area contributed by atoms with E-state index < -0.39 is 0 Å². The van der Waals surface area contributed by atoms with Crippen LogP contribution in [0.4, 0.5) is 0 Å². The van der Waals surface area contributed by atoms with E-state index in [2.05, 4.69) is 137 Å². The van der Waals surface area contributed by atoms with Gasteiger partial charge in [0.25, 0.3) is 0 Å². The number of benzene rings is 2. The maximum absolute atomic E-state index is 12.5. The molecule has 36 heavy (non-hydrogen) atoms. The zero-order chi connectivity index (χ0) is 28.9. The van der Waals surface area contributed by atoms with Crippen LogP contribution in [0.25, 0.3) is 0 Å². The van der Waals surface area contributed by atoms with Crippen molar-refractivity contribution in [3.63, 3.8) is 0 Å². The molecule has 0 aliphatic heterocycles. The van der Waals surface area contributed by atoms with Gasteiger partial charge in [-0.2, -0.15) is 0 Å². The second-order valence-corrected chi connectivity index (χ2v) is 13.7. The summed E-state index contributed by atoms with van der Waals surface area (Å²) in [7, 11) is 0. The summed E-state index contributed by atoms with van der Waals surface area (Å²) in [6, 6.07) is 8.32. The topological polar surface area (TPSA) is 46.1 Å². The summed E-state index contributed by atoms with van der Waals surface area (Å²) in [6.45, 7) is 29.6. The van der Waals surface area contributed by atoms with Crippen LogP contribution in [0.1, 0.15) is 130 Å². The van der Waals surface area contributed by atoms with E-state index in [9.17, 15) is 10.2 Å². The van der Waals surface area contributed by atoms with Crippen LogP contribution in [0.5, 0.6) is 11.5 Å². The second kappa shape index (κ2) is 12.9. The molecule has 0 aromatic heterocycles. The first-order valence-electron chi connectivity index (χ1n) is 13.4. The van der Waals surface area contributed by atoms with Crippen molar-refractivity contribution in [2.75, 3.05) is 0 Å². The van der Waals surface area contributed by atoms with E-state index in [4.69, 9.17) is 0 Å². The zero-order valence-electron chi connectivity index (χ0n) is 26.1. The average molecular weight is 509 g/mol. The molecular weight excluding hydrogens is 455 g/mol. The van der Waals surface area contributed by atoms with Crippen LogP contribution >= 0.6 is 0 Å². The SMILES string of the molecule is CCc1cc(C(C)(C)C)c([O-])c(C(C)(C)C)c1.CCc1cc(C(C)(C)C)c([O-])c(C(C)(C)C)c1.[CH3][Al+2]. The minimum atomic E-state index is -0.0811. The molecule has 0 aliphatic carbocycles. The number of aryl methyl sites for hydroxylation is 2. The Morgan fingerprint density at radius 3 is 0.750 bits per heavy atom. The van der Waals surface area contributed by atoms with E-state index in [1.54, 1.807) is 0 Å². The van der Waals surface area contributed by atoms with E-state index in [1.807, 2.05) is 5.79 Å². The molecule has 2 rings (SSSR count). The normalized spacial score (nSPS) is 12.4. The predicted octanol–water partition coefficient (Wildman–Crippen LogP) is 8.04. The molecule has 2 aromatic rings. The van der Waals surface area contributed by atoms with Crippen molar-refractivity contribution in [2.45, 2.75) is 137 Å². The van der Waals surface area contributed by atoms with Crippen LogP contribution in [0.3, 0.4) is 0 Å². The van der Waals surface area contributed by atoms with Gasteiger partial charge in [-0.1, -0.05) is 121 Å². The summed E-state index contributed by atoms with van der Waals surface area (Å²) in [5.41, 5.74) is 5.99. The molecular formula is C33H53AlO2. The first-order valence-corrected chi connectivity index (χ1v) is 14.6. The van der Waals surface area contributed by atoms with Crippen LogP contribution in [0.2, 0.25) is 5.79 Å². The minimum absolute atomic E-state index is 0.0811. The molecule has 0 aliphatic rings. The fourth-order valence-corrected chi connectivity index (χ4v) is 4.01. The molecule has 0 saturated carbocycles. The van der Waals surface area contributed by atoms with E-state index in [0.29, 0.717) is 0 Å². The van der Waals surface area contributed by atoms with Gasteiger partial charge in [0.1, 0.15) is 0 Å². The molecule has 200 valence electrons. The Morgan fingerprint density at radius 1 is 0.472 bits per heavy atom. The third-order valence-electron chi connectivity index (χ3n) is 6.35. The number of hydrogen-bond donors (Lipinski definition) is 0. The van der Waals surface area contributed by atoms with Gasteiger partial charge in [0.15, 0.2) is 0 Å². The Balaban J connectivity index is 0.000000637. The van der Waals surface area contributed by atoms with E-state index in [1.165, 1.54) is 11.1 Å². The molecule has 0 radical (unpaired) electrons. The molecule has 0 unspecified atom stereocenters. The van der Waals surface area contributed by atoms with Crippen molar-refractivity contribution in [1.82, 2.24) is 0 Å². The Labute approximate surface area is 232 Å². The number of hydrogen-bond acceptors (Lipinski definition) is 2. The Bertz CT molecular complexity index is 823. The van der Waals surface area contributed by atoms with E-state index >= 15 is 0 Å². The summed E-state index contributed by atoms with van der Waals surface area (Å²) in [6.07, 6.45) is 1.96. The Kier molecular flexibility index (Phi) is 12.4. The van der Waals surface area contributed by atoms with Gasteiger partial charge in [-0.3, -0.25) is 0 Å². The van der Waals surface area contributed by atoms with Gasteiger partial charge < -0.3 is 10.2 Å². The molecule has 0 N–H and O–H groups in total. The molecule has 2 aromatic carbocycles. The van der Waals surface area contributed by atoms with Crippen molar-refractivity contribution >= 4 is 16.3 Å². The van der Waals surface area contributed by atoms with E-state index in [0.717, 1.165) is 35.1 Å². The summed E-state index contributed by atoms with van der Waals surface area (Å²) < 4.78 is 0. The van der Waals surface area contributed by atoms with Gasteiger partial charge in [-0.25, -0.2) is 0 Å². The van der Waals surface area contributed by atoms with Crippen molar-refractivity contribution < 1.29 is 10.2 Å². The van der Waals surface area contributed by atoms with Crippen molar-refractivity contribution in [2.24, 2.45) is 0 Å². The van der Waals surface area contributed by atoms with Crippen LogP contribution in [0.15, 0.2) is 24.3 Å². The standard InChI is InChI=1S/2C16H26O.CH3.Al/c2*1-8-11-9-12(15(2,3)4)14(17)13(10-11)16(5,6)7;;/h2*9-10,17H,8H2,1-7H3;1H3;/q;;;+2/p-2. The summed E-state index contributed by atoms with van der Waals surface area (Å²) >= 11 is 2.42. The first-order chi connectivity index (χ1) is 16.1. The van der Waals surface area contributed by atoms with Crippen molar-refractivity contribution in [3.05, 3.63) is 57.6 Å². The zero-order valence-corrected chi connectivity index (χ0v) is 27.3. The second-order valence-electron chi connectivity index (χ2n) is 13.7. The molecule has 0 amide bonds. The fourth-order valence-electron chi connectivity index (χ4n) is 4.01. The molecule has 0 saturated heterocycles. The molecule has 0 spiro atoms. The first kappa shape index (κ1) is 34.6. The van der Waals surface area contributed by atoms with Gasteiger partial charge >= 0.3 is 22.1 Å². The van der Waals surface area contributed by atoms with Crippen molar-refractivity contribution in [1.29, 1.82) is 0 Å².